The lowest BCUT2D eigenvalue weighted by molar-refractivity contribution is -0.143. The summed E-state index contributed by atoms with van der Waals surface area (Å²) in [6, 6.07) is 27.0. The third kappa shape index (κ3) is 15.6. The van der Waals surface area contributed by atoms with E-state index in [0.29, 0.717) is 18.5 Å². The second-order valence-electron chi connectivity index (χ2n) is 15.4. The molecule has 1 saturated carbocycles. The molecular weight excluding hydrogens is 726 g/mol. The molecule has 56 heavy (non-hydrogen) atoms. The molecule has 1 aliphatic carbocycles. The fourth-order valence-corrected chi connectivity index (χ4v) is 7.64. The number of rotatable bonds is 17. The lowest BCUT2D eigenvalue weighted by Crippen LogP contribution is -2.37. The van der Waals surface area contributed by atoms with Crippen LogP contribution in [0.5, 0.6) is 11.5 Å². The second kappa shape index (κ2) is 25.2. The molecule has 3 aromatic rings. The predicted molar refractivity (Wildman–Crippen MR) is 227 cm³/mol. The molecule has 6 rings (SSSR count). The number of hydrogen-bond donors (Lipinski definition) is 2. The van der Waals surface area contributed by atoms with Gasteiger partial charge < -0.3 is 34.7 Å². The Morgan fingerprint density at radius 2 is 1.45 bits per heavy atom. The first-order valence-corrected chi connectivity index (χ1v) is 21.3. The highest BCUT2D eigenvalue weighted by atomic mass is 35.5. The second-order valence-corrected chi connectivity index (χ2v) is 15.9. The summed E-state index contributed by atoms with van der Waals surface area (Å²) in [4.78, 5) is 15.4. The van der Waals surface area contributed by atoms with Crippen molar-refractivity contribution < 1.29 is 28.8 Å². The fourth-order valence-electron chi connectivity index (χ4n) is 7.52. The van der Waals surface area contributed by atoms with Crippen LogP contribution in [0.15, 0.2) is 78.9 Å². The van der Waals surface area contributed by atoms with Crippen LogP contribution < -0.4 is 15.2 Å². The number of morpholine rings is 1. The number of carboxylic acid groups (broad SMARTS) is 1. The van der Waals surface area contributed by atoms with E-state index in [4.69, 9.17) is 41.4 Å². The van der Waals surface area contributed by atoms with Gasteiger partial charge in [-0.3, -0.25) is 9.69 Å². The third-order valence-electron chi connectivity index (χ3n) is 11.3. The van der Waals surface area contributed by atoms with Gasteiger partial charge in [-0.1, -0.05) is 67.4 Å². The molecule has 2 atom stereocenters. The van der Waals surface area contributed by atoms with Crippen molar-refractivity contribution >= 4 is 17.6 Å². The van der Waals surface area contributed by atoms with Gasteiger partial charge in [0.25, 0.3) is 0 Å². The molecule has 2 saturated heterocycles. The minimum absolute atomic E-state index is 0.0993. The summed E-state index contributed by atoms with van der Waals surface area (Å²) in [6.45, 7) is 13.4. The molecule has 0 spiro atoms. The molecule has 0 bridgehead atoms. The van der Waals surface area contributed by atoms with Crippen molar-refractivity contribution in [3.05, 3.63) is 95.0 Å². The quantitative estimate of drug-likeness (QED) is 0.130. The van der Waals surface area contributed by atoms with Crippen molar-refractivity contribution in [3.8, 4) is 11.5 Å². The molecule has 2 heterocycles. The van der Waals surface area contributed by atoms with E-state index in [0.717, 1.165) is 126 Å². The molecule has 0 amide bonds. The van der Waals surface area contributed by atoms with Crippen molar-refractivity contribution in [2.45, 2.75) is 89.7 Å². The van der Waals surface area contributed by atoms with Crippen LogP contribution in [0.2, 0.25) is 5.02 Å². The summed E-state index contributed by atoms with van der Waals surface area (Å²) in [5.41, 5.74) is 7.33. The standard InChI is InChI=1S/C21H26ClNO.C17H27NO3.C8H15NO2/c1-21(17-7-4-3-5-8-17,18-10-12-19(22)13-11-18)24-16-14-20-9-6-15-23(20)2;1-2-3-12-20-16-5-7-17(8-6-16)21-13-4-9-18-10-14-19-15-11-18;9-5-6-1-3-7(4-2-6)8(10)11/h3-5,7-8,10-13,20H,6,9,14-16H2,1-2H3;5-8H,2-4,9-15H2,1H3;6-7H,1-5,9H2,(H,10,11)/t20-,21-;;6-,7-/m1../s1. The lowest BCUT2D eigenvalue weighted by atomic mass is 9.82. The van der Waals surface area contributed by atoms with E-state index < -0.39 is 11.6 Å². The zero-order chi connectivity index (χ0) is 40.0. The van der Waals surface area contributed by atoms with E-state index in [1.165, 1.54) is 24.9 Å². The van der Waals surface area contributed by atoms with Crippen LogP contribution in [0.25, 0.3) is 0 Å². The molecule has 3 aromatic carbocycles. The number of likely N-dealkylation sites (tertiary alicyclic amines) is 1. The summed E-state index contributed by atoms with van der Waals surface area (Å²) in [5.74, 6) is 1.67. The van der Waals surface area contributed by atoms with Gasteiger partial charge in [-0.25, -0.2) is 0 Å². The number of ether oxygens (including phenoxy) is 4. The normalized spacial score (nSPS) is 21.1. The third-order valence-corrected chi connectivity index (χ3v) is 11.6. The first-order chi connectivity index (χ1) is 27.2. The van der Waals surface area contributed by atoms with Crippen molar-refractivity contribution in [1.82, 2.24) is 9.80 Å². The number of unbranched alkanes of at least 4 members (excludes halogenated alkanes) is 1. The summed E-state index contributed by atoms with van der Waals surface area (Å²) in [5, 5.41) is 9.42. The number of hydrogen-bond acceptors (Lipinski definition) is 8. The maximum absolute atomic E-state index is 10.5. The number of nitrogens with zero attached hydrogens (tertiary/aromatic N) is 2. The van der Waals surface area contributed by atoms with Gasteiger partial charge in [-0.2, -0.15) is 0 Å². The van der Waals surface area contributed by atoms with Gasteiger partial charge in [0.1, 0.15) is 17.1 Å². The molecule has 3 aliphatic rings. The van der Waals surface area contributed by atoms with E-state index in [2.05, 4.69) is 67.1 Å². The Labute approximate surface area is 341 Å². The van der Waals surface area contributed by atoms with Gasteiger partial charge in [-0.05, 0) is 138 Å². The molecule has 310 valence electrons. The molecule has 2 aliphatic heterocycles. The zero-order valence-corrected chi connectivity index (χ0v) is 35.0. The Bertz CT molecular complexity index is 1480. The van der Waals surface area contributed by atoms with Crippen LogP contribution >= 0.6 is 11.6 Å². The van der Waals surface area contributed by atoms with E-state index >= 15 is 0 Å². The van der Waals surface area contributed by atoms with Crippen molar-refractivity contribution in [2.75, 3.05) is 72.8 Å². The minimum Gasteiger partial charge on any atom is -0.494 e. The summed E-state index contributed by atoms with van der Waals surface area (Å²) >= 11 is 6.07. The highest BCUT2D eigenvalue weighted by Crippen LogP contribution is 2.35. The summed E-state index contributed by atoms with van der Waals surface area (Å²) in [7, 11) is 2.22. The topological polar surface area (TPSA) is 107 Å². The average molecular weight is 795 g/mol. The van der Waals surface area contributed by atoms with Crippen LogP contribution in [0, 0.1) is 11.8 Å². The summed E-state index contributed by atoms with van der Waals surface area (Å²) < 4.78 is 23.2. The number of halogens is 1. The Morgan fingerprint density at radius 3 is 2.00 bits per heavy atom. The molecule has 9 nitrogen and oxygen atoms in total. The molecule has 0 radical (unpaired) electrons. The Morgan fingerprint density at radius 1 is 0.839 bits per heavy atom. The van der Waals surface area contributed by atoms with Crippen LogP contribution in [0.4, 0.5) is 0 Å². The summed E-state index contributed by atoms with van der Waals surface area (Å²) in [6.07, 6.45) is 10.6. The largest absolute Gasteiger partial charge is 0.494 e. The first-order valence-electron chi connectivity index (χ1n) is 21.0. The highest BCUT2D eigenvalue weighted by molar-refractivity contribution is 6.30. The number of benzene rings is 3. The van der Waals surface area contributed by atoms with Crippen molar-refractivity contribution in [2.24, 2.45) is 17.6 Å². The van der Waals surface area contributed by atoms with Gasteiger partial charge in [0.15, 0.2) is 0 Å². The Hall–Kier alpha value is -3.18. The van der Waals surface area contributed by atoms with Crippen molar-refractivity contribution in [1.29, 1.82) is 0 Å². The van der Waals surface area contributed by atoms with Crippen LogP contribution in [-0.4, -0.2) is 99.7 Å². The fraction of sp³-hybridized carbons (Fsp3) is 0.587. The maximum atomic E-state index is 10.5. The number of nitrogens with two attached hydrogens (primary N) is 1. The van der Waals surface area contributed by atoms with Crippen molar-refractivity contribution in [3.63, 3.8) is 0 Å². The number of carbonyl (C=O) groups is 1. The molecule has 10 heteroatoms. The number of aliphatic carboxylic acids is 1. The van der Waals surface area contributed by atoms with Gasteiger partial charge >= 0.3 is 5.97 Å². The molecular formula is C46H68ClN3O6. The zero-order valence-electron chi connectivity index (χ0n) is 34.2. The molecule has 0 aromatic heterocycles. The minimum atomic E-state index is -0.638. The van der Waals surface area contributed by atoms with Gasteiger partial charge in [0.05, 0.1) is 32.3 Å². The predicted octanol–water partition coefficient (Wildman–Crippen LogP) is 8.91. The number of carboxylic acids is 1. The van der Waals surface area contributed by atoms with E-state index in [9.17, 15) is 4.79 Å². The Kier molecular flexibility index (Phi) is 20.5. The average Bonchev–Trinajstić information content (AvgIpc) is 3.65. The van der Waals surface area contributed by atoms with Crippen LogP contribution in [0.1, 0.15) is 89.2 Å². The van der Waals surface area contributed by atoms with Crippen LogP contribution in [-0.2, 0) is 19.9 Å². The van der Waals surface area contributed by atoms with E-state index in [-0.39, 0.29) is 5.92 Å². The van der Waals surface area contributed by atoms with E-state index in [1.54, 1.807) is 0 Å². The SMILES string of the molecule is CCCCOc1ccc(OCCCN2CCOCC2)cc1.CN1CCC[C@@H]1CCO[C@](C)(c1ccccc1)c1ccc(Cl)cc1.NC[C@H]1CC[C@H](C(=O)O)CC1. The van der Waals surface area contributed by atoms with Gasteiger partial charge in [0, 0.05) is 37.3 Å². The maximum Gasteiger partial charge on any atom is 0.306 e. The van der Waals surface area contributed by atoms with Gasteiger partial charge in [-0.15, -0.1) is 0 Å². The highest BCUT2D eigenvalue weighted by Gasteiger charge is 2.31. The molecule has 3 N–H and O–H groups in total. The molecule has 3 fully saturated rings. The smallest absolute Gasteiger partial charge is 0.306 e. The van der Waals surface area contributed by atoms with Crippen LogP contribution in [0.3, 0.4) is 0 Å². The van der Waals surface area contributed by atoms with Gasteiger partial charge in [0.2, 0.25) is 0 Å². The van der Waals surface area contributed by atoms with E-state index in [1.807, 2.05) is 42.5 Å². The molecule has 0 unspecified atom stereocenters. The lowest BCUT2D eigenvalue weighted by Gasteiger charge is -2.32. The first kappa shape index (κ1) is 45.5. The Balaban J connectivity index is 0.000000199. The monoisotopic (exact) mass is 793 g/mol.